The summed E-state index contributed by atoms with van der Waals surface area (Å²) >= 11 is 0. The molecule has 1 amide bonds. The van der Waals surface area contributed by atoms with Gasteiger partial charge in [0, 0.05) is 25.7 Å². The van der Waals surface area contributed by atoms with Crippen LogP contribution in [0.25, 0.3) is 0 Å². The average Bonchev–Trinajstić information content (AvgIpc) is 3.26. The minimum atomic E-state index is -0.673. The first kappa shape index (κ1) is 17.5. The molecule has 3 fully saturated rings. The summed E-state index contributed by atoms with van der Waals surface area (Å²) in [5.41, 5.74) is 1.78. The van der Waals surface area contributed by atoms with Crippen LogP contribution in [0.15, 0.2) is 24.3 Å². The van der Waals surface area contributed by atoms with Crippen LogP contribution in [0.1, 0.15) is 43.2 Å². The van der Waals surface area contributed by atoms with Crippen LogP contribution in [0.2, 0.25) is 0 Å². The molecule has 3 aliphatic rings. The Morgan fingerprint density at radius 2 is 1.96 bits per heavy atom. The largest absolute Gasteiger partial charge is 0.481 e. The quantitative estimate of drug-likeness (QED) is 0.851. The summed E-state index contributed by atoms with van der Waals surface area (Å²) < 4.78 is 0. The van der Waals surface area contributed by atoms with E-state index < -0.39 is 11.4 Å². The molecule has 1 saturated heterocycles. The van der Waals surface area contributed by atoms with E-state index in [1.807, 2.05) is 4.90 Å². The lowest BCUT2D eigenvalue weighted by Crippen LogP contribution is -2.42. The van der Waals surface area contributed by atoms with E-state index in [-0.39, 0.29) is 11.8 Å². The van der Waals surface area contributed by atoms with Gasteiger partial charge >= 0.3 is 5.97 Å². The molecule has 2 aliphatic carbocycles. The molecule has 0 bridgehead atoms. The maximum atomic E-state index is 13.0. The Hall–Kier alpha value is -1.88. The second kappa shape index (κ2) is 6.69. The number of aliphatic carboxylic acids is 1. The van der Waals surface area contributed by atoms with Crippen LogP contribution in [0, 0.1) is 18.3 Å². The number of fused-ring (bicyclic) bond motifs is 1. The molecule has 0 aromatic heterocycles. The highest BCUT2D eigenvalue weighted by atomic mass is 16.4. The molecule has 1 aromatic carbocycles. The molecule has 0 radical (unpaired) electrons. The van der Waals surface area contributed by atoms with Crippen molar-refractivity contribution >= 4 is 11.9 Å². The van der Waals surface area contributed by atoms with Crippen LogP contribution in [0.3, 0.4) is 0 Å². The molecular formula is C21H28N2O3. The van der Waals surface area contributed by atoms with Crippen LogP contribution in [0.4, 0.5) is 0 Å². The molecule has 1 aromatic rings. The van der Waals surface area contributed by atoms with E-state index in [4.69, 9.17) is 0 Å². The highest BCUT2D eigenvalue weighted by Crippen LogP contribution is 2.48. The van der Waals surface area contributed by atoms with Crippen LogP contribution < -0.4 is 0 Å². The predicted octanol–water partition coefficient (Wildman–Crippen LogP) is 2.67. The number of carbonyl (C=O) groups is 2. The maximum absolute atomic E-state index is 13.0. The number of amides is 1. The number of carbonyl (C=O) groups excluding carboxylic acids is 1. The van der Waals surface area contributed by atoms with E-state index in [1.165, 1.54) is 5.56 Å². The summed E-state index contributed by atoms with van der Waals surface area (Å²) in [6, 6.07) is 8.72. The third-order valence-electron chi connectivity index (χ3n) is 6.51. The van der Waals surface area contributed by atoms with Crippen molar-refractivity contribution in [1.29, 1.82) is 0 Å². The van der Waals surface area contributed by atoms with Crippen molar-refractivity contribution in [2.45, 2.75) is 51.6 Å². The average molecular weight is 356 g/mol. The SMILES string of the molecule is Cc1ccc(CN(C(=O)CN2C[C@@H]3CCC[C@@]3(C(=O)O)C2)C2CC2)cc1. The number of rotatable bonds is 6. The molecule has 0 spiro atoms. The molecule has 2 atom stereocenters. The van der Waals surface area contributed by atoms with Gasteiger partial charge in [-0.15, -0.1) is 0 Å². The molecule has 5 nitrogen and oxygen atoms in total. The Morgan fingerprint density at radius 3 is 2.58 bits per heavy atom. The van der Waals surface area contributed by atoms with Crippen LogP contribution >= 0.6 is 0 Å². The predicted molar refractivity (Wildman–Crippen MR) is 98.6 cm³/mol. The van der Waals surface area contributed by atoms with Gasteiger partial charge in [-0.05, 0) is 44.1 Å². The van der Waals surface area contributed by atoms with Crippen molar-refractivity contribution in [2.75, 3.05) is 19.6 Å². The fourth-order valence-corrected chi connectivity index (χ4v) is 4.84. The zero-order valence-electron chi connectivity index (χ0n) is 15.5. The summed E-state index contributed by atoms with van der Waals surface area (Å²) in [6.07, 6.45) is 4.90. The van der Waals surface area contributed by atoms with E-state index >= 15 is 0 Å². The standard InChI is InChI=1S/C21H28N2O3/c1-15-4-6-16(7-5-15)11-23(18-8-9-18)19(24)13-22-12-17-3-2-10-21(17,14-22)20(25)26/h4-7,17-18H,2-3,8-14H2,1H3,(H,25,26)/t17-,21+/m0/s1. The lowest BCUT2D eigenvalue weighted by molar-refractivity contribution is -0.149. The van der Waals surface area contributed by atoms with Crippen LogP contribution in [0.5, 0.6) is 0 Å². The highest BCUT2D eigenvalue weighted by molar-refractivity contribution is 5.80. The highest BCUT2D eigenvalue weighted by Gasteiger charge is 2.55. The first-order valence-corrected chi connectivity index (χ1v) is 9.79. The number of carboxylic acid groups (broad SMARTS) is 1. The molecule has 5 heteroatoms. The van der Waals surface area contributed by atoms with Gasteiger partial charge in [-0.3, -0.25) is 14.5 Å². The van der Waals surface area contributed by atoms with Crippen molar-refractivity contribution in [1.82, 2.24) is 9.80 Å². The van der Waals surface area contributed by atoms with Gasteiger partial charge in [0.05, 0.1) is 12.0 Å². The van der Waals surface area contributed by atoms with E-state index in [0.29, 0.717) is 25.7 Å². The van der Waals surface area contributed by atoms with Gasteiger partial charge in [-0.25, -0.2) is 0 Å². The zero-order chi connectivity index (χ0) is 18.3. The summed E-state index contributed by atoms with van der Waals surface area (Å²) in [5, 5.41) is 9.73. The number of likely N-dealkylation sites (tertiary alicyclic amines) is 1. The normalized spacial score (nSPS) is 28.1. The number of hydrogen-bond donors (Lipinski definition) is 1. The Kier molecular flexibility index (Phi) is 4.51. The Morgan fingerprint density at radius 1 is 1.23 bits per heavy atom. The third kappa shape index (κ3) is 3.25. The van der Waals surface area contributed by atoms with Gasteiger partial charge in [-0.1, -0.05) is 36.2 Å². The third-order valence-corrected chi connectivity index (χ3v) is 6.51. The van der Waals surface area contributed by atoms with Gasteiger partial charge in [0.25, 0.3) is 0 Å². The zero-order valence-corrected chi connectivity index (χ0v) is 15.5. The Labute approximate surface area is 155 Å². The van der Waals surface area contributed by atoms with Crippen molar-refractivity contribution in [3.63, 3.8) is 0 Å². The number of aryl methyl sites for hydroxylation is 1. The van der Waals surface area contributed by atoms with Crippen LogP contribution in [-0.2, 0) is 16.1 Å². The molecular weight excluding hydrogens is 328 g/mol. The van der Waals surface area contributed by atoms with E-state index in [9.17, 15) is 14.7 Å². The minimum absolute atomic E-state index is 0.147. The lowest BCUT2D eigenvalue weighted by Gasteiger charge is -2.27. The van der Waals surface area contributed by atoms with Gasteiger partial charge in [0.15, 0.2) is 0 Å². The lowest BCUT2D eigenvalue weighted by atomic mass is 9.81. The summed E-state index contributed by atoms with van der Waals surface area (Å²) in [6.45, 7) is 4.36. The second-order valence-corrected chi connectivity index (χ2v) is 8.46. The second-order valence-electron chi connectivity index (χ2n) is 8.46. The number of nitrogens with zero attached hydrogens (tertiary/aromatic N) is 2. The fraction of sp³-hybridized carbons (Fsp3) is 0.619. The maximum Gasteiger partial charge on any atom is 0.311 e. The Balaban J connectivity index is 1.41. The molecule has 26 heavy (non-hydrogen) atoms. The first-order valence-electron chi connectivity index (χ1n) is 9.79. The Bertz CT molecular complexity index is 698. The molecule has 0 unspecified atom stereocenters. The van der Waals surface area contributed by atoms with Gasteiger partial charge in [0.1, 0.15) is 0 Å². The fourth-order valence-electron chi connectivity index (χ4n) is 4.84. The monoisotopic (exact) mass is 356 g/mol. The number of benzene rings is 1. The van der Waals surface area contributed by atoms with Crippen LogP contribution in [-0.4, -0.2) is 52.5 Å². The summed E-state index contributed by atoms with van der Waals surface area (Å²) in [5.74, 6) is -0.318. The van der Waals surface area contributed by atoms with Crippen molar-refractivity contribution < 1.29 is 14.7 Å². The van der Waals surface area contributed by atoms with Crippen molar-refractivity contribution in [2.24, 2.45) is 11.3 Å². The topological polar surface area (TPSA) is 60.9 Å². The number of hydrogen-bond acceptors (Lipinski definition) is 3. The van der Waals surface area contributed by atoms with E-state index in [2.05, 4.69) is 36.1 Å². The molecule has 140 valence electrons. The summed E-state index contributed by atoms with van der Waals surface area (Å²) in [7, 11) is 0. The van der Waals surface area contributed by atoms with Gasteiger partial charge in [-0.2, -0.15) is 0 Å². The molecule has 1 heterocycles. The van der Waals surface area contributed by atoms with Gasteiger partial charge in [0.2, 0.25) is 5.91 Å². The molecule has 1 aliphatic heterocycles. The van der Waals surface area contributed by atoms with Crippen molar-refractivity contribution in [3.8, 4) is 0 Å². The van der Waals surface area contributed by atoms with E-state index in [1.54, 1.807) is 0 Å². The number of carboxylic acids is 1. The van der Waals surface area contributed by atoms with Crippen molar-refractivity contribution in [3.05, 3.63) is 35.4 Å². The first-order chi connectivity index (χ1) is 12.5. The smallest absolute Gasteiger partial charge is 0.311 e. The molecule has 2 saturated carbocycles. The van der Waals surface area contributed by atoms with E-state index in [0.717, 1.165) is 44.2 Å². The summed E-state index contributed by atoms with van der Waals surface area (Å²) in [4.78, 5) is 28.9. The molecule has 1 N–H and O–H groups in total. The van der Waals surface area contributed by atoms with Gasteiger partial charge < -0.3 is 10.0 Å². The minimum Gasteiger partial charge on any atom is -0.481 e. The molecule has 4 rings (SSSR count).